The van der Waals surface area contributed by atoms with Crippen LogP contribution >= 0.6 is 0 Å². The fourth-order valence-electron chi connectivity index (χ4n) is 4.46. The van der Waals surface area contributed by atoms with Crippen molar-refractivity contribution in [2.45, 2.75) is 19.4 Å². The lowest BCUT2D eigenvalue weighted by atomic mass is 9.90. The Balaban J connectivity index is 1.62. The Hall–Kier alpha value is -4.97. The molecule has 0 saturated heterocycles. The molecule has 0 unspecified atom stereocenters. The molecule has 0 bridgehead atoms. The van der Waals surface area contributed by atoms with E-state index in [-0.39, 0.29) is 24.3 Å². The first-order valence-corrected chi connectivity index (χ1v) is 13.2. The highest BCUT2D eigenvalue weighted by molar-refractivity contribution is 5.95. The Morgan fingerprint density at radius 3 is 2.15 bits per heavy atom. The van der Waals surface area contributed by atoms with E-state index in [0.29, 0.717) is 17.5 Å². The monoisotopic (exact) mass is 531 g/mol. The third kappa shape index (κ3) is 8.01. The molecule has 0 saturated carbocycles. The minimum atomic E-state index is -0.457. The first-order chi connectivity index (χ1) is 19.4. The first kappa shape index (κ1) is 28.0. The molecule has 0 aliphatic rings. The van der Waals surface area contributed by atoms with Gasteiger partial charge in [0.2, 0.25) is 0 Å². The Kier molecular flexibility index (Phi) is 9.62. The van der Waals surface area contributed by atoms with Crippen LogP contribution in [0.15, 0.2) is 115 Å². The zero-order chi connectivity index (χ0) is 28.3. The number of carbonyl (C=O) groups excluding carboxylic acids is 2. The van der Waals surface area contributed by atoms with Crippen molar-refractivity contribution in [3.63, 3.8) is 0 Å². The van der Waals surface area contributed by atoms with E-state index in [1.165, 1.54) is 6.92 Å². The van der Waals surface area contributed by atoms with E-state index in [0.717, 1.165) is 22.3 Å². The third-order valence-corrected chi connectivity index (χ3v) is 6.59. The van der Waals surface area contributed by atoms with Crippen LogP contribution in [0.5, 0.6) is 0 Å². The third-order valence-electron chi connectivity index (χ3n) is 6.59. The molecule has 6 heteroatoms. The highest BCUT2D eigenvalue weighted by Crippen LogP contribution is 2.21. The average molecular weight is 532 g/mol. The number of hydrogen-bond acceptors (Lipinski definition) is 4. The molecule has 4 aromatic rings. The number of amides is 1. The van der Waals surface area contributed by atoms with Gasteiger partial charge in [-0.1, -0.05) is 103 Å². The molecule has 0 aromatic heterocycles. The second-order valence-corrected chi connectivity index (χ2v) is 9.59. The number of hydrogen-bond donors (Lipinski definition) is 3. The van der Waals surface area contributed by atoms with Crippen LogP contribution < -0.4 is 11.1 Å². The molecule has 6 nitrogen and oxygen atoms in total. The molecule has 0 aliphatic heterocycles. The molecule has 0 spiro atoms. The van der Waals surface area contributed by atoms with Crippen molar-refractivity contribution in [2.75, 3.05) is 6.61 Å². The summed E-state index contributed by atoms with van der Waals surface area (Å²) < 4.78 is 5.45. The summed E-state index contributed by atoms with van der Waals surface area (Å²) in [7, 11) is 0. The van der Waals surface area contributed by atoms with E-state index < -0.39 is 12.0 Å². The number of carbonyl (C=O) groups is 2. The predicted octanol–water partition coefficient (Wildman–Crippen LogP) is 5.87. The Morgan fingerprint density at radius 1 is 0.850 bits per heavy atom. The van der Waals surface area contributed by atoms with Crippen LogP contribution in [0.2, 0.25) is 0 Å². The number of ether oxygens (including phenoxy) is 1. The van der Waals surface area contributed by atoms with E-state index in [9.17, 15) is 9.59 Å². The van der Waals surface area contributed by atoms with Crippen LogP contribution in [0, 0.1) is 11.3 Å². The molecule has 4 rings (SSSR count). The van der Waals surface area contributed by atoms with Crippen molar-refractivity contribution < 1.29 is 14.3 Å². The van der Waals surface area contributed by atoms with Crippen LogP contribution in [-0.2, 0) is 16.0 Å². The molecule has 2 atom stereocenters. The quantitative estimate of drug-likeness (QED) is 0.128. The Morgan fingerprint density at radius 2 is 1.50 bits per heavy atom. The summed E-state index contributed by atoms with van der Waals surface area (Å²) in [5.74, 6) is -0.923. The smallest absolute Gasteiger partial charge is 0.302 e. The second-order valence-electron chi connectivity index (χ2n) is 9.59. The summed E-state index contributed by atoms with van der Waals surface area (Å²) in [6.07, 6.45) is 4.39. The summed E-state index contributed by atoms with van der Waals surface area (Å²) in [6.45, 7) is 1.48. The number of esters is 1. The molecular formula is C34H33N3O3. The lowest BCUT2D eigenvalue weighted by Gasteiger charge is -2.26. The average Bonchev–Trinajstić information content (AvgIpc) is 2.98. The van der Waals surface area contributed by atoms with Gasteiger partial charge >= 0.3 is 5.97 Å². The maximum Gasteiger partial charge on any atom is 0.302 e. The van der Waals surface area contributed by atoms with Crippen LogP contribution in [0.25, 0.3) is 17.2 Å². The maximum atomic E-state index is 13.5. The molecule has 1 amide bonds. The summed E-state index contributed by atoms with van der Waals surface area (Å²) >= 11 is 0. The van der Waals surface area contributed by atoms with E-state index >= 15 is 0 Å². The van der Waals surface area contributed by atoms with Gasteiger partial charge in [0.1, 0.15) is 5.84 Å². The molecule has 0 fully saturated rings. The van der Waals surface area contributed by atoms with E-state index in [1.54, 1.807) is 6.07 Å². The van der Waals surface area contributed by atoms with E-state index in [4.69, 9.17) is 15.9 Å². The lowest BCUT2D eigenvalue weighted by molar-refractivity contribution is -0.142. The molecular weight excluding hydrogens is 498 g/mol. The standard InChI is InChI=1S/C34H33N3O3/c1-24(38)40-23-31(22-26-11-8-14-30(21-26)33(35)36)32(20-15-25-9-4-2-5-10-25)37-34(39)29-18-16-28(17-19-29)27-12-6-3-7-13-27/h2-21,31-32H,22-23H2,1H3,(H3,35,36)(H,37,39)/b20-15+/t31-,32+/m0/s1. The number of amidine groups is 1. The van der Waals surface area contributed by atoms with Crippen LogP contribution in [0.3, 0.4) is 0 Å². The fraction of sp³-hybridized carbons (Fsp3) is 0.147. The van der Waals surface area contributed by atoms with E-state index in [2.05, 4.69) is 5.32 Å². The number of benzene rings is 4. The summed E-state index contributed by atoms with van der Waals surface area (Å²) in [6, 6.07) is 34.2. The normalized spacial score (nSPS) is 12.4. The zero-order valence-corrected chi connectivity index (χ0v) is 22.4. The second kappa shape index (κ2) is 13.7. The van der Waals surface area contributed by atoms with Gasteiger partial charge in [-0.25, -0.2) is 0 Å². The largest absolute Gasteiger partial charge is 0.465 e. The van der Waals surface area contributed by atoms with Crippen molar-refractivity contribution in [2.24, 2.45) is 11.7 Å². The van der Waals surface area contributed by atoms with Gasteiger partial charge in [-0.15, -0.1) is 0 Å². The van der Waals surface area contributed by atoms with Crippen LogP contribution in [0.4, 0.5) is 0 Å². The molecule has 0 aliphatic carbocycles. The summed E-state index contributed by atoms with van der Waals surface area (Å²) in [5, 5.41) is 11.0. The van der Waals surface area contributed by atoms with E-state index in [1.807, 2.05) is 115 Å². The van der Waals surface area contributed by atoms with Gasteiger partial charge < -0.3 is 15.8 Å². The SMILES string of the molecule is CC(=O)OC[C@H](Cc1cccc(C(=N)N)c1)[C@@H](/C=C/c1ccccc1)NC(=O)c1ccc(-c2ccccc2)cc1. The van der Waals surface area contributed by atoms with Crippen molar-refractivity contribution in [3.8, 4) is 11.1 Å². The van der Waals surface area contributed by atoms with Crippen molar-refractivity contribution in [3.05, 3.63) is 138 Å². The molecule has 4 aromatic carbocycles. The fourth-order valence-corrected chi connectivity index (χ4v) is 4.46. The number of nitrogens with two attached hydrogens (primary N) is 1. The summed E-state index contributed by atoms with van der Waals surface area (Å²) in [5.41, 5.74) is 10.9. The lowest BCUT2D eigenvalue weighted by Crippen LogP contribution is -2.42. The van der Waals surface area contributed by atoms with Crippen LogP contribution in [0.1, 0.15) is 34.0 Å². The highest BCUT2D eigenvalue weighted by Gasteiger charge is 2.24. The van der Waals surface area contributed by atoms with Gasteiger partial charge in [-0.3, -0.25) is 15.0 Å². The minimum Gasteiger partial charge on any atom is -0.465 e. The molecule has 40 heavy (non-hydrogen) atoms. The number of nitrogens with one attached hydrogen (secondary N) is 2. The topological polar surface area (TPSA) is 105 Å². The van der Waals surface area contributed by atoms with Gasteiger partial charge in [0.05, 0.1) is 12.6 Å². The van der Waals surface area contributed by atoms with Crippen molar-refractivity contribution in [1.82, 2.24) is 5.32 Å². The Labute approximate surface area is 235 Å². The molecule has 4 N–H and O–H groups in total. The van der Waals surface area contributed by atoms with Gasteiger partial charge in [0, 0.05) is 24.0 Å². The number of nitrogen functional groups attached to an aromatic ring is 1. The van der Waals surface area contributed by atoms with Gasteiger partial charge in [0.25, 0.3) is 5.91 Å². The van der Waals surface area contributed by atoms with Gasteiger partial charge in [-0.2, -0.15) is 0 Å². The molecule has 202 valence electrons. The first-order valence-electron chi connectivity index (χ1n) is 13.2. The number of rotatable bonds is 11. The maximum absolute atomic E-state index is 13.5. The minimum absolute atomic E-state index is 0.0221. The van der Waals surface area contributed by atoms with Crippen LogP contribution in [-0.4, -0.2) is 30.4 Å². The highest BCUT2D eigenvalue weighted by atomic mass is 16.5. The van der Waals surface area contributed by atoms with Crippen molar-refractivity contribution in [1.29, 1.82) is 5.41 Å². The zero-order valence-electron chi connectivity index (χ0n) is 22.4. The summed E-state index contributed by atoms with van der Waals surface area (Å²) in [4.78, 5) is 25.2. The van der Waals surface area contributed by atoms with Gasteiger partial charge in [-0.05, 0) is 46.9 Å². The predicted molar refractivity (Wildman–Crippen MR) is 160 cm³/mol. The Bertz CT molecular complexity index is 1470. The molecule has 0 heterocycles. The van der Waals surface area contributed by atoms with Crippen molar-refractivity contribution >= 4 is 23.8 Å². The van der Waals surface area contributed by atoms with Gasteiger partial charge in [0.15, 0.2) is 0 Å². The molecule has 0 radical (unpaired) electrons.